The molecule has 1 fully saturated rings. The summed E-state index contributed by atoms with van der Waals surface area (Å²) in [4.78, 5) is 24.9. The Bertz CT molecular complexity index is 302. The van der Waals surface area contributed by atoms with E-state index in [0.717, 1.165) is 25.8 Å². The molecule has 0 amide bonds. The van der Waals surface area contributed by atoms with Crippen molar-refractivity contribution in [3.05, 3.63) is 0 Å². The van der Waals surface area contributed by atoms with Crippen LogP contribution in [0.2, 0.25) is 0 Å². The molecule has 0 radical (unpaired) electrons. The highest BCUT2D eigenvalue weighted by Gasteiger charge is 2.30. The molecule has 0 heterocycles. The second kappa shape index (κ2) is 9.75. The van der Waals surface area contributed by atoms with Crippen LogP contribution >= 0.6 is 0 Å². The highest BCUT2D eigenvalue weighted by Crippen LogP contribution is 2.27. The third kappa shape index (κ3) is 7.48. The zero-order valence-electron chi connectivity index (χ0n) is 12.7. The Morgan fingerprint density at radius 2 is 1.65 bits per heavy atom. The maximum atomic E-state index is 11.5. The quantitative estimate of drug-likeness (QED) is 0.430. The number of unbranched alkanes of at least 4 members (excludes halogenated alkanes) is 2. The molecule has 5 heteroatoms. The normalized spacial score (nSPS) is 14.3. The molecule has 0 bridgehead atoms. The van der Waals surface area contributed by atoms with Gasteiger partial charge in [0.25, 0.3) is 0 Å². The number of ether oxygens (including phenoxy) is 2. The van der Waals surface area contributed by atoms with Crippen LogP contribution in [-0.4, -0.2) is 49.2 Å². The molecule has 116 valence electrons. The highest BCUT2D eigenvalue weighted by molar-refractivity contribution is 5.71. The van der Waals surface area contributed by atoms with E-state index in [4.69, 9.17) is 9.47 Å². The lowest BCUT2D eigenvalue weighted by Gasteiger charge is -2.20. The van der Waals surface area contributed by atoms with Crippen molar-refractivity contribution < 1.29 is 19.1 Å². The zero-order valence-corrected chi connectivity index (χ0v) is 12.7. The molecule has 1 aliphatic rings. The summed E-state index contributed by atoms with van der Waals surface area (Å²) in [6.07, 6.45) is 5.72. The van der Waals surface area contributed by atoms with Crippen LogP contribution in [0.4, 0.5) is 0 Å². The summed E-state index contributed by atoms with van der Waals surface area (Å²) >= 11 is 0. The van der Waals surface area contributed by atoms with Crippen LogP contribution in [0.3, 0.4) is 0 Å². The van der Waals surface area contributed by atoms with Crippen molar-refractivity contribution >= 4 is 11.9 Å². The fraction of sp³-hybridized carbons (Fsp3) is 0.867. The smallest absolute Gasteiger partial charge is 0.320 e. The average Bonchev–Trinajstić information content (AvgIpc) is 3.22. The van der Waals surface area contributed by atoms with E-state index in [2.05, 4.69) is 4.90 Å². The Morgan fingerprint density at radius 1 is 1.00 bits per heavy atom. The summed E-state index contributed by atoms with van der Waals surface area (Å²) in [5, 5.41) is 0. The number of carbonyl (C=O) groups excluding carboxylic acids is 2. The van der Waals surface area contributed by atoms with Crippen LogP contribution in [0.15, 0.2) is 0 Å². The van der Waals surface area contributed by atoms with E-state index in [1.807, 2.05) is 13.8 Å². The van der Waals surface area contributed by atoms with Gasteiger partial charge in [-0.1, -0.05) is 6.42 Å². The minimum absolute atomic E-state index is 0.113. The molecule has 0 aromatic rings. The lowest BCUT2D eigenvalue weighted by molar-refractivity contribution is -0.144. The van der Waals surface area contributed by atoms with Gasteiger partial charge in [-0.2, -0.15) is 0 Å². The molecule has 5 nitrogen and oxygen atoms in total. The van der Waals surface area contributed by atoms with Crippen LogP contribution in [0.25, 0.3) is 0 Å². The Balaban J connectivity index is 2.10. The molecule has 20 heavy (non-hydrogen) atoms. The van der Waals surface area contributed by atoms with Gasteiger partial charge in [-0.25, -0.2) is 0 Å². The molecule has 0 aromatic carbocycles. The molecular formula is C15H27NO4. The summed E-state index contributed by atoms with van der Waals surface area (Å²) in [7, 11) is 0. The van der Waals surface area contributed by atoms with Crippen LogP contribution in [0, 0.1) is 0 Å². The van der Waals surface area contributed by atoms with Crippen LogP contribution in [-0.2, 0) is 19.1 Å². The minimum Gasteiger partial charge on any atom is -0.466 e. The van der Waals surface area contributed by atoms with E-state index < -0.39 is 0 Å². The van der Waals surface area contributed by atoms with Gasteiger partial charge in [0.05, 0.1) is 19.8 Å². The third-order valence-corrected chi connectivity index (χ3v) is 3.33. The van der Waals surface area contributed by atoms with Crippen LogP contribution in [0.1, 0.15) is 52.4 Å². The van der Waals surface area contributed by atoms with Crippen molar-refractivity contribution in [2.45, 2.75) is 58.4 Å². The lowest BCUT2D eigenvalue weighted by atomic mass is 10.2. The van der Waals surface area contributed by atoms with Crippen molar-refractivity contribution in [2.24, 2.45) is 0 Å². The van der Waals surface area contributed by atoms with E-state index in [0.29, 0.717) is 32.2 Å². The standard InChI is InChI=1S/C15H27NO4/c1-3-19-14(17)8-6-5-7-11-16(13-9-10-13)12-15(18)20-4-2/h13H,3-12H2,1-2H3. The molecular weight excluding hydrogens is 258 g/mol. The van der Waals surface area contributed by atoms with Gasteiger partial charge in [-0.05, 0) is 46.1 Å². The summed E-state index contributed by atoms with van der Waals surface area (Å²) in [6, 6.07) is 0.560. The molecule has 0 saturated heterocycles. The molecule has 0 spiro atoms. The van der Waals surface area contributed by atoms with Crippen molar-refractivity contribution in [3.63, 3.8) is 0 Å². The van der Waals surface area contributed by atoms with Crippen molar-refractivity contribution in [3.8, 4) is 0 Å². The number of hydrogen-bond acceptors (Lipinski definition) is 5. The first-order valence-electron chi connectivity index (χ1n) is 7.72. The molecule has 0 atom stereocenters. The zero-order chi connectivity index (χ0) is 14.8. The van der Waals surface area contributed by atoms with Gasteiger partial charge >= 0.3 is 11.9 Å². The number of hydrogen-bond donors (Lipinski definition) is 0. The molecule has 1 saturated carbocycles. The van der Waals surface area contributed by atoms with E-state index in [-0.39, 0.29) is 11.9 Å². The maximum Gasteiger partial charge on any atom is 0.320 e. The van der Waals surface area contributed by atoms with Gasteiger partial charge in [0.1, 0.15) is 0 Å². The van der Waals surface area contributed by atoms with Gasteiger partial charge in [0, 0.05) is 12.5 Å². The van der Waals surface area contributed by atoms with E-state index in [1.165, 1.54) is 12.8 Å². The number of esters is 2. The third-order valence-electron chi connectivity index (χ3n) is 3.33. The summed E-state index contributed by atoms with van der Waals surface area (Å²) in [5.74, 6) is -0.246. The van der Waals surface area contributed by atoms with Crippen LogP contribution < -0.4 is 0 Å². The van der Waals surface area contributed by atoms with Crippen molar-refractivity contribution in [2.75, 3.05) is 26.3 Å². The largest absolute Gasteiger partial charge is 0.466 e. The lowest BCUT2D eigenvalue weighted by Crippen LogP contribution is -2.33. The second-order valence-electron chi connectivity index (χ2n) is 5.12. The first-order valence-corrected chi connectivity index (χ1v) is 7.72. The summed E-state index contributed by atoms with van der Waals surface area (Å²) in [5.41, 5.74) is 0. The molecule has 0 N–H and O–H groups in total. The summed E-state index contributed by atoms with van der Waals surface area (Å²) < 4.78 is 9.88. The van der Waals surface area contributed by atoms with Crippen molar-refractivity contribution in [1.29, 1.82) is 0 Å². The second-order valence-corrected chi connectivity index (χ2v) is 5.12. The Morgan fingerprint density at radius 3 is 2.25 bits per heavy atom. The average molecular weight is 285 g/mol. The Kier molecular flexibility index (Phi) is 8.26. The van der Waals surface area contributed by atoms with Crippen molar-refractivity contribution in [1.82, 2.24) is 4.90 Å². The first-order chi connectivity index (χ1) is 9.67. The predicted molar refractivity (Wildman–Crippen MR) is 76.3 cm³/mol. The Hall–Kier alpha value is -1.10. The predicted octanol–water partition coefficient (Wildman–Crippen LogP) is 2.14. The van der Waals surface area contributed by atoms with E-state index in [9.17, 15) is 9.59 Å². The maximum absolute atomic E-state index is 11.5. The molecule has 1 rings (SSSR count). The molecule has 0 unspecified atom stereocenters. The van der Waals surface area contributed by atoms with E-state index in [1.54, 1.807) is 0 Å². The van der Waals surface area contributed by atoms with E-state index >= 15 is 0 Å². The monoisotopic (exact) mass is 285 g/mol. The van der Waals surface area contributed by atoms with Gasteiger partial charge < -0.3 is 9.47 Å². The fourth-order valence-corrected chi connectivity index (χ4v) is 2.20. The fourth-order valence-electron chi connectivity index (χ4n) is 2.20. The minimum atomic E-state index is -0.133. The number of rotatable bonds is 11. The first kappa shape index (κ1) is 17.0. The van der Waals surface area contributed by atoms with Gasteiger partial charge in [-0.3, -0.25) is 14.5 Å². The van der Waals surface area contributed by atoms with Gasteiger partial charge in [0.15, 0.2) is 0 Å². The topological polar surface area (TPSA) is 55.8 Å². The van der Waals surface area contributed by atoms with Crippen LogP contribution in [0.5, 0.6) is 0 Å². The SMILES string of the molecule is CCOC(=O)CCCCCN(CC(=O)OCC)C1CC1. The highest BCUT2D eigenvalue weighted by atomic mass is 16.5. The number of nitrogens with zero attached hydrogens (tertiary/aromatic N) is 1. The Labute approximate surface area is 121 Å². The summed E-state index contributed by atoms with van der Waals surface area (Å²) in [6.45, 7) is 5.85. The van der Waals surface area contributed by atoms with Gasteiger partial charge in [0.2, 0.25) is 0 Å². The molecule has 0 aromatic heterocycles. The molecule has 0 aliphatic heterocycles. The van der Waals surface area contributed by atoms with Gasteiger partial charge in [-0.15, -0.1) is 0 Å². The number of carbonyl (C=O) groups is 2. The molecule has 1 aliphatic carbocycles.